The summed E-state index contributed by atoms with van der Waals surface area (Å²) in [6.45, 7) is 3.39. The molecule has 0 aromatic heterocycles. The maximum absolute atomic E-state index is 12.0. The van der Waals surface area contributed by atoms with E-state index in [0.717, 1.165) is 19.6 Å². The Hall–Kier alpha value is -0.660. The van der Waals surface area contributed by atoms with E-state index < -0.39 is 9.84 Å². The van der Waals surface area contributed by atoms with Crippen LogP contribution in [0.1, 0.15) is 19.3 Å². The molecule has 0 radical (unpaired) electrons. The Morgan fingerprint density at radius 1 is 1.30 bits per heavy atom. The smallest absolute Gasteiger partial charge is 0.234 e. The Morgan fingerprint density at radius 2 is 2.15 bits per heavy atom. The number of fused-ring (bicyclic) bond motifs is 1. The van der Waals surface area contributed by atoms with Crippen molar-refractivity contribution in [3.8, 4) is 0 Å². The summed E-state index contributed by atoms with van der Waals surface area (Å²) in [4.78, 5) is 14.2. The number of hydrogen-bond donors (Lipinski definition) is 2. The summed E-state index contributed by atoms with van der Waals surface area (Å²) >= 11 is 0. The minimum atomic E-state index is -2.92. The summed E-state index contributed by atoms with van der Waals surface area (Å²) in [5.74, 6) is 0.940. The third kappa shape index (κ3) is 3.32. The topological polar surface area (TPSA) is 78.5 Å². The lowest BCUT2D eigenvalue weighted by molar-refractivity contribution is -0.122. The lowest BCUT2D eigenvalue weighted by atomic mass is 9.94. The second-order valence-corrected chi connectivity index (χ2v) is 8.55. The Kier molecular flexibility index (Phi) is 4.01. The van der Waals surface area contributed by atoms with Gasteiger partial charge in [0, 0.05) is 25.2 Å². The molecule has 3 heterocycles. The first kappa shape index (κ1) is 14.3. The first-order valence-electron chi connectivity index (χ1n) is 7.47. The van der Waals surface area contributed by atoms with E-state index in [1.165, 1.54) is 12.8 Å². The molecular weight excluding hydrogens is 278 g/mol. The Balaban J connectivity index is 1.45. The Bertz CT molecular complexity index is 465. The van der Waals surface area contributed by atoms with Crippen molar-refractivity contribution in [2.24, 2.45) is 5.92 Å². The van der Waals surface area contributed by atoms with Crippen LogP contribution < -0.4 is 10.6 Å². The normalized spacial score (nSPS) is 36.7. The molecule has 1 unspecified atom stereocenters. The van der Waals surface area contributed by atoms with Crippen LogP contribution in [0.2, 0.25) is 0 Å². The van der Waals surface area contributed by atoms with Gasteiger partial charge in [-0.3, -0.25) is 9.69 Å². The number of carbonyl (C=O) groups is 1. The lowest BCUT2D eigenvalue weighted by Gasteiger charge is -2.24. The summed E-state index contributed by atoms with van der Waals surface area (Å²) in [5.41, 5.74) is 0. The molecule has 20 heavy (non-hydrogen) atoms. The summed E-state index contributed by atoms with van der Waals surface area (Å²) in [5, 5.41) is 6.38. The van der Waals surface area contributed by atoms with Gasteiger partial charge < -0.3 is 10.6 Å². The van der Waals surface area contributed by atoms with Crippen LogP contribution in [0.4, 0.5) is 0 Å². The fourth-order valence-electron chi connectivity index (χ4n) is 3.65. The Labute approximate surface area is 120 Å². The standard InChI is InChI=1S/C13H23N3O3S/c17-13(15-11-3-5-20(18,19)9-11)8-16-6-10-2-1-4-14-12(10)7-16/h10-12,14H,1-9H2,(H,15,17)/t10-,11?,12+/m0/s1. The average Bonchev–Trinajstić information content (AvgIpc) is 2.91. The first-order chi connectivity index (χ1) is 9.52. The fourth-order valence-corrected chi connectivity index (χ4v) is 5.32. The summed E-state index contributed by atoms with van der Waals surface area (Å²) in [6, 6.07) is 0.346. The molecule has 3 aliphatic rings. The molecule has 0 aromatic rings. The number of carbonyl (C=O) groups excluding carboxylic acids is 1. The van der Waals surface area contributed by atoms with Gasteiger partial charge in [0.2, 0.25) is 5.91 Å². The van der Waals surface area contributed by atoms with Gasteiger partial charge in [0.1, 0.15) is 0 Å². The van der Waals surface area contributed by atoms with Crippen molar-refractivity contribution in [1.82, 2.24) is 15.5 Å². The molecule has 7 heteroatoms. The maximum Gasteiger partial charge on any atom is 0.234 e. The second-order valence-electron chi connectivity index (χ2n) is 6.32. The number of hydrogen-bond acceptors (Lipinski definition) is 5. The largest absolute Gasteiger partial charge is 0.351 e. The van der Waals surface area contributed by atoms with Crippen molar-refractivity contribution < 1.29 is 13.2 Å². The minimum Gasteiger partial charge on any atom is -0.351 e. The number of rotatable bonds is 3. The Morgan fingerprint density at radius 3 is 2.85 bits per heavy atom. The molecule has 6 nitrogen and oxygen atoms in total. The summed E-state index contributed by atoms with van der Waals surface area (Å²) in [7, 11) is -2.92. The van der Waals surface area contributed by atoms with E-state index >= 15 is 0 Å². The number of nitrogens with zero attached hydrogens (tertiary/aromatic N) is 1. The predicted molar refractivity (Wildman–Crippen MR) is 76.2 cm³/mol. The van der Waals surface area contributed by atoms with Gasteiger partial charge in [0.15, 0.2) is 9.84 Å². The number of amides is 1. The maximum atomic E-state index is 12.0. The van der Waals surface area contributed by atoms with Crippen molar-refractivity contribution in [2.45, 2.75) is 31.3 Å². The van der Waals surface area contributed by atoms with E-state index in [-0.39, 0.29) is 23.5 Å². The number of likely N-dealkylation sites (tertiary alicyclic amines) is 1. The van der Waals surface area contributed by atoms with Gasteiger partial charge in [-0.2, -0.15) is 0 Å². The molecule has 3 rings (SSSR count). The molecule has 0 spiro atoms. The molecule has 3 aliphatic heterocycles. The third-order valence-electron chi connectivity index (χ3n) is 4.64. The van der Waals surface area contributed by atoms with Crippen molar-refractivity contribution in [1.29, 1.82) is 0 Å². The monoisotopic (exact) mass is 301 g/mol. The van der Waals surface area contributed by atoms with Gasteiger partial charge in [-0.15, -0.1) is 0 Å². The molecule has 0 aromatic carbocycles. The van der Waals surface area contributed by atoms with Crippen molar-refractivity contribution in [3.05, 3.63) is 0 Å². The quantitative estimate of drug-likeness (QED) is 0.697. The molecule has 3 atom stereocenters. The molecule has 2 N–H and O–H groups in total. The van der Waals surface area contributed by atoms with Gasteiger partial charge >= 0.3 is 0 Å². The van der Waals surface area contributed by atoms with E-state index in [2.05, 4.69) is 15.5 Å². The fraction of sp³-hybridized carbons (Fsp3) is 0.923. The van der Waals surface area contributed by atoms with E-state index in [1.54, 1.807) is 0 Å². The zero-order valence-corrected chi connectivity index (χ0v) is 12.5. The van der Waals surface area contributed by atoms with E-state index in [1.807, 2.05) is 0 Å². The van der Waals surface area contributed by atoms with Crippen LogP contribution in [0.5, 0.6) is 0 Å². The highest BCUT2D eigenvalue weighted by atomic mass is 32.2. The molecule has 0 aliphatic carbocycles. The predicted octanol–water partition coefficient (Wildman–Crippen LogP) is -1.03. The molecule has 1 amide bonds. The van der Waals surface area contributed by atoms with Crippen LogP contribution in [0, 0.1) is 5.92 Å². The number of piperidine rings is 1. The molecule has 114 valence electrons. The van der Waals surface area contributed by atoms with E-state index in [9.17, 15) is 13.2 Å². The van der Waals surface area contributed by atoms with Crippen LogP contribution in [-0.2, 0) is 14.6 Å². The van der Waals surface area contributed by atoms with Crippen LogP contribution in [-0.4, -0.2) is 69.0 Å². The zero-order chi connectivity index (χ0) is 14.2. The van der Waals surface area contributed by atoms with Gasteiger partial charge in [0.25, 0.3) is 0 Å². The molecule has 0 saturated carbocycles. The van der Waals surface area contributed by atoms with Gasteiger partial charge in [-0.25, -0.2) is 8.42 Å². The number of sulfone groups is 1. The van der Waals surface area contributed by atoms with Crippen molar-refractivity contribution in [3.63, 3.8) is 0 Å². The highest BCUT2D eigenvalue weighted by molar-refractivity contribution is 7.91. The van der Waals surface area contributed by atoms with Crippen molar-refractivity contribution >= 4 is 15.7 Å². The van der Waals surface area contributed by atoms with Gasteiger partial charge in [-0.05, 0) is 31.7 Å². The van der Waals surface area contributed by atoms with Crippen molar-refractivity contribution in [2.75, 3.05) is 37.7 Å². The first-order valence-corrected chi connectivity index (χ1v) is 9.29. The zero-order valence-electron chi connectivity index (χ0n) is 11.7. The molecule has 3 saturated heterocycles. The second kappa shape index (κ2) is 5.61. The SMILES string of the molecule is O=C(CN1C[C@@H]2CCCN[C@@H]2C1)NC1CCS(=O)(=O)C1. The van der Waals surface area contributed by atoms with Crippen LogP contribution in [0.25, 0.3) is 0 Å². The minimum absolute atomic E-state index is 0.0363. The molecular formula is C13H23N3O3S. The highest BCUT2D eigenvalue weighted by Gasteiger charge is 2.35. The molecule has 0 bridgehead atoms. The van der Waals surface area contributed by atoms with Gasteiger partial charge in [-0.1, -0.05) is 0 Å². The van der Waals surface area contributed by atoms with E-state index in [0.29, 0.717) is 24.9 Å². The lowest BCUT2D eigenvalue weighted by Crippen LogP contribution is -2.43. The average molecular weight is 301 g/mol. The third-order valence-corrected chi connectivity index (χ3v) is 6.41. The van der Waals surface area contributed by atoms with Crippen LogP contribution >= 0.6 is 0 Å². The highest BCUT2D eigenvalue weighted by Crippen LogP contribution is 2.24. The summed E-state index contributed by atoms with van der Waals surface area (Å²) < 4.78 is 22.7. The molecule has 3 fully saturated rings. The number of nitrogens with one attached hydrogen (secondary N) is 2. The summed E-state index contributed by atoms with van der Waals surface area (Å²) in [6.07, 6.45) is 3.03. The van der Waals surface area contributed by atoms with E-state index in [4.69, 9.17) is 0 Å². The van der Waals surface area contributed by atoms with Crippen LogP contribution in [0.15, 0.2) is 0 Å². The van der Waals surface area contributed by atoms with Gasteiger partial charge in [0.05, 0.1) is 18.1 Å². The van der Waals surface area contributed by atoms with Crippen LogP contribution in [0.3, 0.4) is 0 Å².